The van der Waals surface area contributed by atoms with Gasteiger partial charge in [0, 0.05) is 23.0 Å². The lowest BCUT2D eigenvalue weighted by Gasteiger charge is -2.14. The third-order valence-corrected chi connectivity index (χ3v) is 7.04. The minimum atomic E-state index is -4.15. The summed E-state index contributed by atoms with van der Waals surface area (Å²) in [5, 5.41) is 8.86. The SMILES string of the molecule is CCNc1ccc(S(=O)(=O)Nc2nc3ccccc3nc2Nc2ccc3nscc3c2)cc1F. The molecule has 0 atom stereocenters. The number of nitrogens with one attached hydrogen (secondary N) is 3. The van der Waals surface area contributed by atoms with E-state index in [4.69, 9.17) is 0 Å². The second-order valence-electron chi connectivity index (χ2n) is 7.40. The predicted octanol–water partition coefficient (Wildman–Crippen LogP) is 5.35. The molecule has 5 aromatic rings. The van der Waals surface area contributed by atoms with Crippen LogP contribution in [0.3, 0.4) is 0 Å². The molecule has 0 aliphatic carbocycles. The molecule has 11 heteroatoms. The van der Waals surface area contributed by atoms with Crippen LogP contribution in [0.15, 0.2) is 70.9 Å². The van der Waals surface area contributed by atoms with Gasteiger partial charge in [0.1, 0.15) is 5.82 Å². The summed E-state index contributed by atoms with van der Waals surface area (Å²) in [5.41, 5.74) is 2.89. The predicted molar refractivity (Wildman–Crippen MR) is 134 cm³/mol. The lowest BCUT2D eigenvalue weighted by molar-refractivity contribution is 0.596. The fraction of sp³-hybridized carbons (Fsp3) is 0.0870. The molecule has 0 bridgehead atoms. The number of hydrogen-bond donors (Lipinski definition) is 3. The number of rotatable bonds is 7. The Morgan fingerprint density at radius 1 is 0.941 bits per heavy atom. The molecule has 0 spiro atoms. The van der Waals surface area contributed by atoms with Crippen LogP contribution in [-0.4, -0.2) is 29.3 Å². The summed E-state index contributed by atoms with van der Waals surface area (Å²) < 4.78 is 47.3. The van der Waals surface area contributed by atoms with Crippen molar-refractivity contribution in [1.29, 1.82) is 0 Å². The average molecular weight is 495 g/mol. The number of hydrogen-bond acceptors (Lipinski definition) is 8. The normalized spacial score (nSPS) is 11.6. The highest BCUT2D eigenvalue weighted by Gasteiger charge is 2.20. The molecular weight excluding hydrogens is 475 g/mol. The van der Waals surface area contributed by atoms with E-state index >= 15 is 0 Å². The summed E-state index contributed by atoms with van der Waals surface area (Å²) in [6.45, 7) is 2.33. The largest absolute Gasteiger partial charge is 0.383 e. The van der Waals surface area contributed by atoms with Crippen LogP contribution in [0.5, 0.6) is 0 Å². The molecule has 8 nitrogen and oxygen atoms in total. The number of fused-ring (bicyclic) bond motifs is 2. The molecule has 5 rings (SSSR count). The minimum Gasteiger partial charge on any atom is -0.383 e. The Balaban J connectivity index is 1.54. The number of benzene rings is 3. The molecule has 0 radical (unpaired) electrons. The molecule has 3 aromatic carbocycles. The van der Waals surface area contributed by atoms with E-state index in [9.17, 15) is 12.8 Å². The van der Waals surface area contributed by atoms with Gasteiger partial charge in [0.15, 0.2) is 11.6 Å². The highest BCUT2D eigenvalue weighted by Crippen LogP contribution is 2.29. The molecule has 172 valence electrons. The first-order valence-electron chi connectivity index (χ1n) is 10.4. The number of halogens is 1. The smallest absolute Gasteiger partial charge is 0.263 e. The number of para-hydroxylation sites is 2. The van der Waals surface area contributed by atoms with E-state index in [0.29, 0.717) is 23.3 Å². The quantitative estimate of drug-likeness (QED) is 0.280. The first kappa shape index (κ1) is 22.0. The molecule has 0 saturated heterocycles. The Hall–Kier alpha value is -3.83. The molecule has 34 heavy (non-hydrogen) atoms. The van der Waals surface area contributed by atoms with Crippen molar-refractivity contribution in [3.8, 4) is 0 Å². The highest BCUT2D eigenvalue weighted by atomic mass is 32.2. The van der Waals surface area contributed by atoms with Gasteiger partial charge < -0.3 is 10.6 Å². The zero-order chi connectivity index (χ0) is 23.7. The van der Waals surface area contributed by atoms with Crippen molar-refractivity contribution in [3.63, 3.8) is 0 Å². The van der Waals surface area contributed by atoms with Crippen molar-refractivity contribution in [3.05, 3.63) is 71.9 Å². The Morgan fingerprint density at radius 3 is 2.44 bits per heavy atom. The second-order valence-corrected chi connectivity index (χ2v) is 9.71. The van der Waals surface area contributed by atoms with Crippen molar-refractivity contribution >= 4 is 66.5 Å². The van der Waals surface area contributed by atoms with Gasteiger partial charge in [0.05, 0.1) is 27.1 Å². The first-order chi connectivity index (χ1) is 16.4. The van der Waals surface area contributed by atoms with Crippen molar-refractivity contribution < 1.29 is 12.8 Å². The Bertz CT molecular complexity index is 1620. The maximum atomic E-state index is 14.4. The summed E-state index contributed by atoms with van der Waals surface area (Å²) in [6, 6.07) is 16.4. The summed E-state index contributed by atoms with van der Waals surface area (Å²) >= 11 is 1.35. The fourth-order valence-corrected chi connectivity index (χ4v) is 5.08. The summed E-state index contributed by atoms with van der Waals surface area (Å²) in [4.78, 5) is 8.82. The van der Waals surface area contributed by atoms with Crippen LogP contribution < -0.4 is 15.4 Å². The van der Waals surface area contributed by atoms with Gasteiger partial charge in [-0.1, -0.05) is 12.1 Å². The van der Waals surface area contributed by atoms with Gasteiger partial charge in [0.25, 0.3) is 10.0 Å². The van der Waals surface area contributed by atoms with Crippen molar-refractivity contribution in [1.82, 2.24) is 14.3 Å². The van der Waals surface area contributed by atoms with E-state index < -0.39 is 15.8 Å². The molecule has 0 aliphatic heterocycles. The maximum absolute atomic E-state index is 14.4. The molecule has 0 unspecified atom stereocenters. The Labute approximate surface area is 199 Å². The molecule has 0 aliphatic rings. The summed E-state index contributed by atoms with van der Waals surface area (Å²) in [6.07, 6.45) is 0. The third kappa shape index (κ3) is 4.35. The van der Waals surface area contributed by atoms with Crippen LogP contribution in [0.25, 0.3) is 21.9 Å². The van der Waals surface area contributed by atoms with E-state index in [1.54, 1.807) is 18.2 Å². The third-order valence-electron chi connectivity index (χ3n) is 5.04. The Kier molecular flexibility index (Phi) is 5.72. The Morgan fingerprint density at radius 2 is 1.71 bits per heavy atom. The lowest BCUT2D eigenvalue weighted by atomic mass is 10.2. The summed E-state index contributed by atoms with van der Waals surface area (Å²) in [7, 11) is -4.15. The topological polar surface area (TPSA) is 109 Å². The van der Waals surface area contributed by atoms with Gasteiger partial charge in [0.2, 0.25) is 0 Å². The van der Waals surface area contributed by atoms with Crippen LogP contribution in [0.4, 0.5) is 27.4 Å². The standard InChI is InChI=1S/C23H19FN6O2S2/c1-2-25-19-10-8-16(12-17(19)24)34(31,32)30-23-22(27-20-5-3-4-6-21(20)28-23)26-15-7-9-18-14(11-15)13-33-29-18/h3-13,25H,2H2,1H3,(H,26,27)(H,28,30). The van der Waals surface area contributed by atoms with Crippen molar-refractivity contribution in [2.24, 2.45) is 0 Å². The van der Waals surface area contributed by atoms with Crippen molar-refractivity contribution in [2.45, 2.75) is 11.8 Å². The molecule has 2 aromatic heterocycles. The molecular formula is C23H19FN6O2S2. The van der Waals surface area contributed by atoms with Crippen LogP contribution in [0.1, 0.15) is 6.92 Å². The second kappa shape index (κ2) is 8.84. The molecule has 0 saturated carbocycles. The van der Waals surface area contributed by atoms with Crippen molar-refractivity contribution in [2.75, 3.05) is 21.9 Å². The summed E-state index contributed by atoms with van der Waals surface area (Å²) in [5.74, 6) is -0.446. The van der Waals surface area contributed by atoms with E-state index in [1.165, 1.54) is 23.7 Å². The van der Waals surface area contributed by atoms with Gasteiger partial charge in [-0.05, 0) is 67.0 Å². The molecule has 0 fully saturated rings. The van der Waals surface area contributed by atoms with Gasteiger partial charge in [-0.3, -0.25) is 4.72 Å². The van der Waals surface area contributed by atoms with E-state index in [0.717, 1.165) is 17.0 Å². The number of aromatic nitrogens is 3. The number of nitrogens with zero attached hydrogens (tertiary/aromatic N) is 3. The van der Waals surface area contributed by atoms with E-state index in [-0.39, 0.29) is 22.2 Å². The van der Waals surface area contributed by atoms with Crippen LogP contribution in [-0.2, 0) is 10.0 Å². The molecule has 3 N–H and O–H groups in total. The molecule has 0 amide bonds. The van der Waals surface area contributed by atoms with E-state index in [2.05, 4.69) is 29.7 Å². The van der Waals surface area contributed by atoms with E-state index in [1.807, 2.05) is 36.6 Å². The lowest BCUT2D eigenvalue weighted by Crippen LogP contribution is -2.16. The minimum absolute atomic E-state index is 0.00147. The molecule has 2 heterocycles. The zero-order valence-electron chi connectivity index (χ0n) is 17.9. The van der Waals surface area contributed by atoms with Gasteiger partial charge in [-0.2, -0.15) is 4.37 Å². The average Bonchev–Trinajstić information content (AvgIpc) is 3.28. The van der Waals surface area contributed by atoms with Gasteiger partial charge in [-0.25, -0.2) is 22.8 Å². The van der Waals surface area contributed by atoms with Crippen LogP contribution >= 0.6 is 11.5 Å². The first-order valence-corrected chi connectivity index (χ1v) is 12.7. The number of sulfonamides is 1. The van der Waals surface area contributed by atoms with Crippen LogP contribution in [0.2, 0.25) is 0 Å². The van der Waals surface area contributed by atoms with Gasteiger partial charge >= 0.3 is 0 Å². The van der Waals surface area contributed by atoms with Crippen LogP contribution in [0, 0.1) is 5.82 Å². The monoisotopic (exact) mass is 494 g/mol. The number of anilines is 4. The zero-order valence-corrected chi connectivity index (χ0v) is 19.5. The maximum Gasteiger partial charge on any atom is 0.263 e. The fourth-order valence-electron chi connectivity index (χ4n) is 3.43. The van der Waals surface area contributed by atoms with Gasteiger partial charge in [-0.15, -0.1) is 0 Å². The highest BCUT2D eigenvalue weighted by molar-refractivity contribution is 7.92.